The molecule has 0 fully saturated rings. The van der Waals surface area contributed by atoms with Crippen molar-refractivity contribution in [3.63, 3.8) is 0 Å². The topological polar surface area (TPSA) is 61.4 Å². The minimum Gasteiger partial charge on any atom is -0.396 e. The zero-order valence-electron chi connectivity index (χ0n) is 10.1. The number of carbonyl (C=O) groups excluding carboxylic acids is 1. The van der Waals surface area contributed by atoms with Gasteiger partial charge in [-0.25, -0.2) is 0 Å². The molecule has 0 aliphatic carbocycles. The van der Waals surface area contributed by atoms with Crippen LogP contribution in [0.4, 0.5) is 0 Å². The number of hydrogen-bond donors (Lipinski definition) is 3. The molecule has 0 bridgehead atoms. The summed E-state index contributed by atoms with van der Waals surface area (Å²) in [6.45, 7) is 8.54. The fourth-order valence-corrected chi connectivity index (χ4v) is 1.31. The van der Waals surface area contributed by atoms with Crippen molar-refractivity contribution in [2.75, 3.05) is 26.2 Å². The molecule has 0 rings (SSSR count). The summed E-state index contributed by atoms with van der Waals surface area (Å²) >= 11 is 0. The van der Waals surface area contributed by atoms with Gasteiger partial charge < -0.3 is 15.7 Å². The minimum atomic E-state index is 0.0879. The van der Waals surface area contributed by atoms with E-state index in [4.69, 9.17) is 5.11 Å². The molecule has 0 unspecified atom stereocenters. The summed E-state index contributed by atoms with van der Waals surface area (Å²) in [5.41, 5.74) is 0.0932. The summed E-state index contributed by atoms with van der Waals surface area (Å²) in [6.07, 6.45) is 1.30. The highest BCUT2D eigenvalue weighted by Gasteiger charge is 2.16. The lowest BCUT2D eigenvalue weighted by Gasteiger charge is -2.23. The smallest absolute Gasteiger partial charge is 0.221 e. The van der Waals surface area contributed by atoms with E-state index in [0.717, 1.165) is 13.0 Å². The van der Waals surface area contributed by atoms with E-state index in [9.17, 15) is 4.79 Å². The molecular formula is C11H24N2O2. The van der Waals surface area contributed by atoms with Crippen molar-refractivity contribution < 1.29 is 9.90 Å². The van der Waals surface area contributed by atoms with Gasteiger partial charge in [0.1, 0.15) is 0 Å². The molecule has 0 heterocycles. The van der Waals surface area contributed by atoms with Crippen molar-refractivity contribution in [3.8, 4) is 0 Å². The third-order valence-corrected chi connectivity index (χ3v) is 2.29. The van der Waals surface area contributed by atoms with Gasteiger partial charge in [-0.15, -0.1) is 0 Å². The fraction of sp³-hybridized carbons (Fsp3) is 0.909. The maximum Gasteiger partial charge on any atom is 0.221 e. The van der Waals surface area contributed by atoms with Crippen molar-refractivity contribution in [1.29, 1.82) is 0 Å². The molecule has 90 valence electrons. The predicted molar refractivity (Wildman–Crippen MR) is 61.7 cm³/mol. The van der Waals surface area contributed by atoms with E-state index in [1.165, 1.54) is 0 Å². The molecule has 15 heavy (non-hydrogen) atoms. The number of aliphatic hydroxyl groups excluding tert-OH is 1. The van der Waals surface area contributed by atoms with Gasteiger partial charge in [0.25, 0.3) is 0 Å². The summed E-state index contributed by atoms with van der Waals surface area (Å²) in [4.78, 5) is 11.1. The summed E-state index contributed by atoms with van der Waals surface area (Å²) in [5.74, 6) is 0.0879. The first-order valence-electron chi connectivity index (χ1n) is 5.60. The zero-order valence-corrected chi connectivity index (χ0v) is 10.1. The zero-order chi connectivity index (χ0) is 11.7. The molecular weight excluding hydrogens is 192 g/mol. The Kier molecular flexibility index (Phi) is 7.34. The summed E-state index contributed by atoms with van der Waals surface area (Å²) in [6, 6.07) is 0. The standard InChI is InChI=1S/C11H24N2O2/c1-4-13-10(15)5-7-12-9-11(2,3)6-8-14/h12,14H,4-9H2,1-3H3,(H,13,15). The Morgan fingerprint density at radius 1 is 1.40 bits per heavy atom. The molecule has 0 aromatic carbocycles. The Balaban J connectivity index is 3.49. The first-order chi connectivity index (χ1) is 7.02. The van der Waals surface area contributed by atoms with Gasteiger partial charge in [-0.1, -0.05) is 13.8 Å². The van der Waals surface area contributed by atoms with Crippen molar-refractivity contribution in [2.24, 2.45) is 5.41 Å². The van der Waals surface area contributed by atoms with Gasteiger partial charge in [-0.05, 0) is 18.8 Å². The Bertz CT molecular complexity index is 181. The molecule has 0 saturated carbocycles. The van der Waals surface area contributed by atoms with Gasteiger partial charge in [0, 0.05) is 32.7 Å². The normalized spacial score (nSPS) is 11.5. The minimum absolute atomic E-state index is 0.0879. The first kappa shape index (κ1) is 14.4. The van der Waals surface area contributed by atoms with Crippen LogP contribution in [-0.4, -0.2) is 37.3 Å². The van der Waals surface area contributed by atoms with Gasteiger partial charge in [0.05, 0.1) is 0 Å². The molecule has 4 heteroatoms. The molecule has 3 N–H and O–H groups in total. The average Bonchev–Trinajstić information content (AvgIpc) is 2.13. The predicted octanol–water partition coefficient (Wildman–Crippen LogP) is 0.511. The maximum atomic E-state index is 11.1. The van der Waals surface area contributed by atoms with Crippen molar-refractivity contribution in [1.82, 2.24) is 10.6 Å². The van der Waals surface area contributed by atoms with Crippen LogP contribution in [0.25, 0.3) is 0 Å². The second kappa shape index (κ2) is 7.65. The number of aliphatic hydroxyl groups is 1. The van der Waals surface area contributed by atoms with E-state index in [2.05, 4.69) is 24.5 Å². The van der Waals surface area contributed by atoms with Crippen molar-refractivity contribution in [3.05, 3.63) is 0 Å². The highest BCUT2D eigenvalue weighted by atomic mass is 16.3. The SMILES string of the molecule is CCNC(=O)CCNCC(C)(C)CCO. The molecule has 0 radical (unpaired) electrons. The number of hydrogen-bond acceptors (Lipinski definition) is 3. The summed E-state index contributed by atoms with van der Waals surface area (Å²) < 4.78 is 0. The first-order valence-corrected chi connectivity index (χ1v) is 5.60. The molecule has 0 aliphatic rings. The van der Waals surface area contributed by atoms with Gasteiger partial charge in [0.15, 0.2) is 0 Å². The summed E-state index contributed by atoms with van der Waals surface area (Å²) in [5, 5.41) is 14.8. The van der Waals surface area contributed by atoms with E-state index in [1.807, 2.05) is 6.92 Å². The number of carbonyl (C=O) groups is 1. The fourth-order valence-electron chi connectivity index (χ4n) is 1.31. The number of amides is 1. The van der Waals surface area contributed by atoms with Gasteiger partial charge in [0.2, 0.25) is 5.91 Å². The largest absolute Gasteiger partial charge is 0.396 e. The maximum absolute atomic E-state index is 11.1. The molecule has 0 saturated heterocycles. The molecule has 0 spiro atoms. The van der Waals surface area contributed by atoms with E-state index in [0.29, 0.717) is 19.5 Å². The van der Waals surface area contributed by atoms with Crippen LogP contribution in [0.1, 0.15) is 33.6 Å². The Morgan fingerprint density at radius 2 is 2.07 bits per heavy atom. The summed E-state index contributed by atoms with van der Waals surface area (Å²) in [7, 11) is 0. The van der Waals surface area contributed by atoms with Crippen molar-refractivity contribution >= 4 is 5.91 Å². The number of rotatable bonds is 8. The van der Waals surface area contributed by atoms with Crippen LogP contribution in [0.2, 0.25) is 0 Å². The molecule has 0 aromatic rings. The van der Waals surface area contributed by atoms with Crippen molar-refractivity contribution in [2.45, 2.75) is 33.6 Å². The molecule has 0 aliphatic heterocycles. The third-order valence-electron chi connectivity index (χ3n) is 2.29. The van der Waals surface area contributed by atoms with Crippen LogP contribution in [0.15, 0.2) is 0 Å². The molecule has 0 atom stereocenters. The van der Waals surface area contributed by atoms with E-state index < -0.39 is 0 Å². The van der Waals surface area contributed by atoms with Gasteiger partial charge >= 0.3 is 0 Å². The number of nitrogens with one attached hydrogen (secondary N) is 2. The van der Waals surface area contributed by atoms with E-state index >= 15 is 0 Å². The molecule has 0 aromatic heterocycles. The molecule has 1 amide bonds. The van der Waals surface area contributed by atoms with E-state index in [1.54, 1.807) is 0 Å². The van der Waals surface area contributed by atoms with Crippen LogP contribution in [-0.2, 0) is 4.79 Å². The van der Waals surface area contributed by atoms with Crippen LogP contribution in [0, 0.1) is 5.41 Å². The quantitative estimate of drug-likeness (QED) is 0.518. The monoisotopic (exact) mass is 216 g/mol. The lowest BCUT2D eigenvalue weighted by molar-refractivity contribution is -0.120. The second-order valence-corrected chi connectivity index (χ2v) is 4.52. The Hall–Kier alpha value is -0.610. The third kappa shape index (κ3) is 8.39. The van der Waals surface area contributed by atoms with E-state index in [-0.39, 0.29) is 17.9 Å². The van der Waals surface area contributed by atoms with Crippen LogP contribution >= 0.6 is 0 Å². The van der Waals surface area contributed by atoms with Gasteiger partial charge in [-0.3, -0.25) is 4.79 Å². The lowest BCUT2D eigenvalue weighted by atomic mass is 9.90. The van der Waals surface area contributed by atoms with Crippen LogP contribution in [0.3, 0.4) is 0 Å². The lowest BCUT2D eigenvalue weighted by Crippen LogP contribution is -2.33. The average molecular weight is 216 g/mol. The van der Waals surface area contributed by atoms with Gasteiger partial charge in [-0.2, -0.15) is 0 Å². The highest BCUT2D eigenvalue weighted by Crippen LogP contribution is 2.17. The Labute approximate surface area is 92.4 Å². The Morgan fingerprint density at radius 3 is 2.60 bits per heavy atom. The van der Waals surface area contributed by atoms with Crippen LogP contribution in [0.5, 0.6) is 0 Å². The van der Waals surface area contributed by atoms with Crippen LogP contribution < -0.4 is 10.6 Å². The second-order valence-electron chi connectivity index (χ2n) is 4.52. The molecule has 4 nitrogen and oxygen atoms in total. The highest BCUT2D eigenvalue weighted by molar-refractivity contribution is 5.75.